The minimum Gasteiger partial charge on any atom is -0.376 e. The molecule has 0 aliphatic heterocycles. The second-order valence-electron chi connectivity index (χ2n) is 6.70. The number of nitrogens with zero attached hydrogens (tertiary/aromatic N) is 3. The first-order valence-electron chi connectivity index (χ1n) is 8.91. The van der Waals surface area contributed by atoms with Crippen molar-refractivity contribution in [2.75, 3.05) is 5.32 Å². The predicted octanol–water partition coefficient (Wildman–Crippen LogP) is 4.47. The number of non-ortho nitro benzene ring substituents is 1. The highest BCUT2D eigenvalue weighted by Gasteiger charge is 2.25. The summed E-state index contributed by atoms with van der Waals surface area (Å²) in [7, 11) is 0. The Bertz CT molecular complexity index is 971. The van der Waals surface area contributed by atoms with Crippen LogP contribution >= 0.6 is 0 Å². The summed E-state index contributed by atoms with van der Waals surface area (Å²) in [5.41, 5.74) is 3.42. The molecule has 1 aromatic heterocycles. The Morgan fingerprint density at radius 1 is 1.26 bits per heavy atom. The summed E-state index contributed by atoms with van der Waals surface area (Å²) in [6.07, 6.45) is 4.61. The molecule has 7 heteroatoms. The second kappa shape index (κ2) is 7.19. The van der Waals surface area contributed by atoms with E-state index in [-0.39, 0.29) is 17.4 Å². The number of nitrogens with one attached hydrogen (secondary N) is 1. The maximum Gasteiger partial charge on any atom is 0.272 e. The summed E-state index contributed by atoms with van der Waals surface area (Å²) in [5, 5.41) is 18.5. The van der Waals surface area contributed by atoms with E-state index in [0.717, 1.165) is 36.6 Å². The van der Waals surface area contributed by atoms with Crippen LogP contribution in [0.1, 0.15) is 35.7 Å². The maximum absolute atomic E-state index is 14.2. The number of nitro groups is 1. The Morgan fingerprint density at radius 3 is 2.81 bits per heavy atom. The molecular weight excluding hydrogens is 347 g/mol. The molecule has 3 aromatic rings. The molecule has 0 fully saturated rings. The van der Waals surface area contributed by atoms with Gasteiger partial charge >= 0.3 is 0 Å². The van der Waals surface area contributed by atoms with Crippen molar-refractivity contribution in [1.82, 2.24) is 9.78 Å². The molecule has 138 valence electrons. The lowest BCUT2D eigenvalue weighted by Gasteiger charge is -2.25. The van der Waals surface area contributed by atoms with E-state index < -0.39 is 10.7 Å². The average molecular weight is 366 g/mol. The monoisotopic (exact) mass is 366 g/mol. The van der Waals surface area contributed by atoms with E-state index in [1.807, 2.05) is 29.1 Å². The van der Waals surface area contributed by atoms with E-state index >= 15 is 0 Å². The van der Waals surface area contributed by atoms with Gasteiger partial charge in [-0.25, -0.2) is 4.39 Å². The Kier molecular flexibility index (Phi) is 4.58. The summed E-state index contributed by atoms with van der Waals surface area (Å²) in [5.74, 6) is -0.618. The Labute approximate surface area is 155 Å². The van der Waals surface area contributed by atoms with Gasteiger partial charge < -0.3 is 5.32 Å². The molecule has 1 aliphatic rings. The zero-order valence-electron chi connectivity index (χ0n) is 14.6. The maximum atomic E-state index is 14.2. The van der Waals surface area contributed by atoms with Crippen LogP contribution in [-0.2, 0) is 13.0 Å². The third kappa shape index (κ3) is 3.53. The van der Waals surface area contributed by atoms with Crippen molar-refractivity contribution in [3.8, 4) is 0 Å². The molecular formula is C20H19FN4O2. The van der Waals surface area contributed by atoms with E-state index in [0.29, 0.717) is 6.54 Å². The number of aromatic nitrogens is 2. The Hall–Kier alpha value is -3.22. The predicted molar refractivity (Wildman–Crippen MR) is 100 cm³/mol. The van der Waals surface area contributed by atoms with Crippen molar-refractivity contribution in [2.24, 2.45) is 0 Å². The molecule has 1 N–H and O–H groups in total. The van der Waals surface area contributed by atoms with Gasteiger partial charge in [-0.05, 0) is 30.9 Å². The summed E-state index contributed by atoms with van der Waals surface area (Å²) in [6.45, 7) is 0.703. The molecule has 27 heavy (non-hydrogen) atoms. The highest BCUT2D eigenvalue weighted by molar-refractivity contribution is 5.52. The molecule has 0 unspecified atom stereocenters. The summed E-state index contributed by atoms with van der Waals surface area (Å²) in [6, 6.07) is 13.8. The van der Waals surface area contributed by atoms with Gasteiger partial charge in [0.15, 0.2) is 5.82 Å². The van der Waals surface area contributed by atoms with Gasteiger partial charge in [0.25, 0.3) is 5.69 Å². The van der Waals surface area contributed by atoms with Crippen LogP contribution in [0.4, 0.5) is 15.8 Å². The number of hydrogen-bond acceptors (Lipinski definition) is 4. The molecule has 1 aliphatic carbocycles. The van der Waals surface area contributed by atoms with Gasteiger partial charge in [0.2, 0.25) is 0 Å². The fraction of sp³-hybridized carbons (Fsp3) is 0.250. The molecule has 0 saturated carbocycles. The number of halogens is 1. The summed E-state index contributed by atoms with van der Waals surface area (Å²) in [4.78, 5) is 10.2. The van der Waals surface area contributed by atoms with E-state index in [9.17, 15) is 14.5 Å². The largest absolute Gasteiger partial charge is 0.376 e. The summed E-state index contributed by atoms with van der Waals surface area (Å²) < 4.78 is 16.3. The van der Waals surface area contributed by atoms with Gasteiger partial charge in [0, 0.05) is 17.3 Å². The Morgan fingerprint density at radius 2 is 2.07 bits per heavy atom. The first-order valence-corrected chi connectivity index (χ1v) is 8.91. The molecule has 0 spiro atoms. The SMILES string of the molecule is O=[N+]([O-])c1ccc(N[C@@H]2CCCc3c2cnn3Cc2ccccc2)c(F)c1. The van der Waals surface area contributed by atoms with Crippen LogP contribution in [0.2, 0.25) is 0 Å². The molecule has 0 bridgehead atoms. The smallest absolute Gasteiger partial charge is 0.272 e. The van der Waals surface area contributed by atoms with E-state index in [1.54, 1.807) is 0 Å². The van der Waals surface area contributed by atoms with Crippen LogP contribution in [0.5, 0.6) is 0 Å². The number of nitro benzene ring substituents is 1. The lowest BCUT2D eigenvalue weighted by molar-refractivity contribution is -0.385. The summed E-state index contributed by atoms with van der Waals surface area (Å²) >= 11 is 0. The zero-order valence-corrected chi connectivity index (χ0v) is 14.6. The van der Waals surface area contributed by atoms with Gasteiger partial charge in [0.05, 0.1) is 35.5 Å². The van der Waals surface area contributed by atoms with Crippen molar-refractivity contribution < 1.29 is 9.31 Å². The molecule has 2 aromatic carbocycles. The van der Waals surface area contributed by atoms with E-state index in [1.165, 1.54) is 17.7 Å². The molecule has 6 nitrogen and oxygen atoms in total. The quantitative estimate of drug-likeness (QED) is 0.534. The van der Waals surface area contributed by atoms with Crippen LogP contribution in [0.3, 0.4) is 0 Å². The standard InChI is InChI=1S/C20H19FN4O2/c21-17-11-15(25(26)27)9-10-19(17)23-18-7-4-8-20-16(18)12-22-24(20)13-14-5-2-1-3-6-14/h1-3,5-6,9-12,18,23H,4,7-8,13H2/t18-/m1/s1. The molecule has 4 rings (SSSR count). The highest BCUT2D eigenvalue weighted by atomic mass is 19.1. The first kappa shape index (κ1) is 17.2. The van der Waals surface area contributed by atoms with Crippen LogP contribution in [0, 0.1) is 15.9 Å². The van der Waals surface area contributed by atoms with E-state index in [2.05, 4.69) is 22.5 Å². The number of rotatable bonds is 5. The van der Waals surface area contributed by atoms with Crippen LogP contribution < -0.4 is 5.32 Å². The third-order valence-electron chi connectivity index (χ3n) is 4.93. The molecule has 1 atom stereocenters. The molecule has 0 amide bonds. The molecule has 1 heterocycles. The van der Waals surface area contributed by atoms with Gasteiger partial charge in [-0.2, -0.15) is 5.10 Å². The van der Waals surface area contributed by atoms with Gasteiger partial charge in [-0.1, -0.05) is 30.3 Å². The lowest BCUT2D eigenvalue weighted by Crippen LogP contribution is -2.19. The lowest BCUT2D eigenvalue weighted by atomic mass is 9.92. The van der Waals surface area contributed by atoms with Crippen LogP contribution in [-0.4, -0.2) is 14.7 Å². The van der Waals surface area contributed by atoms with Crippen molar-refractivity contribution in [3.05, 3.63) is 87.5 Å². The number of fused-ring (bicyclic) bond motifs is 1. The normalized spacial score (nSPS) is 16.0. The van der Waals surface area contributed by atoms with Gasteiger partial charge in [0.1, 0.15) is 0 Å². The highest BCUT2D eigenvalue weighted by Crippen LogP contribution is 2.34. The van der Waals surface area contributed by atoms with Crippen molar-refractivity contribution in [2.45, 2.75) is 31.8 Å². The fourth-order valence-corrected chi connectivity index (χ4v) is 3.58. The topological polar surface area (TPSA) is 73.0 Å². The zero-order chi connectivity index (χ0) is 18.8. The van der Waals surface area contributed by atoms with Gasteiger partial charge in [-0.15, -0.1) is 0 Å². The van der Waals surface area contributed by atoms with Crippen LogP contribution in [0.15, 0.2) is 54.7 Å². The Balaban J connectivity index is 1.56. The molecule has 0 saturated heterocycles. The second-order valence-corrected chi connectivity index (χ2v) is 6.70. The van der Waals surface area contributed by atoms with Crippen molar-refractivity contribution in [3.63, 3.8) is 0 Å². The van der Waals surface area contributed by atoms with Crippen molar-refractivity contribution in [1.29, 1.82) is 0 Å². The minimum absolute atomic E-state index is 0.0609. The average Bonchev–Trinajstić information content (AvgIpc) is 3.08. The van der Waals surface area contributed by atoms with Gasteiger partial charge in [-0.3, -0.25) is 14.8 Å². The van der Waals surface area contributed by atoms with Crippen LogP contribution in [0.25, 0.3) is 0 Å². The number of anilines is 1. The van der Waals surface area contributed by atoms with Crippen molar-refractivity contribution >= 4 is 11.4 Å². The fourth-order valence-electron chi connectivity index (χ4n) is 3.58. The van der Waals surface area contributed by atoms with E-state index in [4.69, 9.17) is 0 Å². The third-order valence-corrected chi connectivity index (χ3v) is 4.93. The number of benzene rings is 2. The minimum atomic E-state index is -0.618. The first-order chi connectivity index (χ1) is 13.1. The number of hydrogen-bond donors (Lipinski definition) is 1. The molecule has 0 radical (unpaired) electrons.